The molecular weight excluding hydrogens is 536 g/mol. The van der Waals surface area contributed by atoms with Gasteiger partial charge in [-0.25, -0.2) is 4.79 Å². The topological polar surface area (TPSA) is 151 Å². The molecule has 1 saturated heterocycles. The number of aliphatic hydroxyl groups is 2. The minimum Gasteiger partial charge on any atom is -0.460 e. The first kappa shape index (κ1) is 29.4. The van der Waals surface area contributed by atoms with Gasteiger partial charge in [0.1, 0.15) is 6.61 Å². The molecule has 2 aliphatic heterocycles. The number of Topliss-reactive ketones (excluding diaryl/α,β-unsaturated/α-hetero) is 2. The van der Waals surface area contributed by atoms with Gasteiger partial charge >= 0.3 is 5.97 Å². The maximum Gasteiger partial charge on any atom is 0.350 e. The van der Waals surface area contributed by atoms with Crippen LogP contribution in [-0.4, -0.2) is 64.8 Å². The summed E-state index contributed by atoms with van der Waals surface area (Å²) in [7, 11) is 0. The van der Waals surface area contributed by atoms with Crippen molar-refractivity contribution < 1.29 is 34.1 Å². The van der Waals surface area contributed by atoms with Crippen molar-refractivity contribution in [2.75, 3.05) is 19.8 Å². The SMILES string of the molecule is CC(CCC1=CCNC(N)=C1)=C(CO)CC12OC1(C(=O)OCC(O)CCc1ccccc1)C(=O)c1ccccc1C2=O. The van der Waals surface area contributed by atoms with Crippen molar-refractivity contribution in [3.63, 3.8) is 0 Å². The molecule has 0 spiro atoms. The van der Waals surface area contributed by atoms with Crippen molar-refractivity contribution in [3.05, 3.63) is 106 Å². The predicted molar refractivity (Wildman–Crippen MR) is 155 cm³/mol. The minimum atomic E-state index is -2.17. The summed E-state index contributed by atoms with van der Waals surface area (Å²) in [6.07, 6.45) is 4.93. The zero-order chi connectivity index (χ0) is 29.9. The lowest BCUT2D eigenvalue weighted by molar-refractivity contribution is -0.151. The van der Waals surface area contributed by atoms with E-state index in [9.17, 15) is 24.6 Å². The summed E-state index contributed by atoms with van der Waals surface area (Å²) < 4.78 is 11.4. The van der Waals surface area contributed by atoms with E-state index in [-0.39, 0.29) is 30.8 Å². The lowest BCUT2D eigenvalue weighted by atomic mass is 9.71. The van der Waals surface area contributed by atoms with Crippen molar-refractivity contribution >= 4 is 17.5 Å². The number of carbonyl (C=O) groups excluding carboxylic acids is 3. The molecule has 9 heteroatoms. The largest absolute Gasteiger partial charge is 0.460 e. The number of dihydropyridines is 1. The summed E-state index contributed by atoms with van der Waals surface area (Å²) in [6.45, 7) is 1.76. The molecule has 220 valence electrons. The Morgan fingerprint density at radius 3 is 2.45 bits per heavy atom. The third-order valence-corrected chi connectivity index (χ3v) is 8.32. The fourth-order valence-electron chi connectivity index (χ4n) is 5.77. The first-order chi connectivity index (χ1) is 20.2. The number of aliphatic hydroxyl groups excluding tert-OH is 2. The van der Waals surface area contributed by atoms with E-state index in [1.807, 2.05) is 49.4 Å². The lowest BCUT2D eigenvalue weighted by Crippen LogP contribution is -2.51. The van der Waals surface area contributed by atoms with E-state index < -0.39 is 34.8 Å². The molecule has 2 aromatic carbocycles. The summed E-state index contributed by atoms with van der Waals surface area (Å²) in [5, 5.41) is 23.9. The van der Waals surface area contributed by atoms with E-state index >= 15 is 0 Å². The number of nitrogens with two attached hydrogens (primary N) is 1. The number of ether oxygens (including phenoxy) is 2. The highest BCUT2D eigenvalue weighted by atomic mass is 16.7. The molecule has 0 amide bonds. The number of epoxide rings is 1. The Morgan fingerprint density at radius 1 is 1.07 bits per heavy atom. The Bertz CT molecular complexity index is 1480. The summed E-state index contributed by atoms with van der Waals surface area (Å²) in [5.74, 6) is -1.59. The molecule has 1 aliphatic carbocycles. The number of rotatable bonds is 12. The van der Waals surface area contributed by atoms with Crippen LogP contribution in [0.2, 0.25) is 0 Å². The summed E-state index contributed by atoms with van der Waals surface area (Å²) >= 11 is 0. The molecule has 0 radical (unpaired) electrons. The standard InChI is InChI=1S/C33H36N2O7/c1-21(11-12-23-15-16-35-28(34)17-23)24(19-36)18-32-29(38)26-9-5-6-10-27(26)30(39)33(32,42-32)31(40)41-20-25(37)14-13-22-7-3-2-4-8-22/h2-10,15,17,25,35-37H,11-14,16,18-20,34H2,1H3. The highest BCUT2D eigenvalue weighted by Crippen LogP contribution is 2.59. The Balaban J connectivity index is 1.35. The summed E-state index contributed by atoms with van der Waals surface area (Å²) in [5.41, 5.74) is 5.54. The molecule has 5 rings (SSSR count). The van der Waals surface area contributed by atoms with E-state index in [1.165, 1.54) is 12.1 Å². The van der Waals surface area contributed by atoms with Crippen LogP contribution in [0, 0.1) is 0 Å². The van der Waals surface area contributed by atoms with Gasteiger partial charge < -0.3 is 30.7 Å². The Morgan fingerprint density at radius 2 is 1.76 bits per heavy atom. The number of fused-ring (bicyclic) bond motifs is 2. The van der Waals surface area contributed by atoms with Gasteiger partial charge in [0.05, 0.1) is 18.5 Å². The van der Waals surface area contributed by atoms with Crippen LogP contribution < -0.4 is 11.1 Å². The van der Waals surface area contributed by atoms with Gasteiger partial charge in [-0.05, 0) is 55.4 Å². The number of benzene rings is 2. The van der Waals surface area contributed by atoms with Crippen molar-refractivity contribution in [1.82, 2.24) is 5.32 Å². The molecule has 0 saturated carbocycles. The van der Waals surface area contributed by atoms with Crippen LogP contribution in [0.1, 0.15) is 58.9 Å². The maximum absolute atomic E-state index is 13.9. The van der Waals surface area contributed by atoms with Gasteiger partial charge in [-0.15, -0.1) is 0 Å². The van der Waals surface area contributed by atoms with E-state index in [0.717, 1.165) is 16.7 Å². The van der Waals surface area contributed by atoms with E-state index in [4.69, 9.17) is 15.2 Å². The van der Waals surface area contributed by atoms with Crippen LogP contribution in [0.25, 0.3) is 0 Å². The smallest absolute Gasteiger partial charge is 0.350 e. The van der Waals surface area contributed by atoms with Crippen LogP contribution >= 0.6 is 0 Å². The van der Waals surface area contributed by atoms with Gasteiger partial charge in [0, 0.05) is 24.1 Å². The second-order valence-electron chi connectivity index (χ2n) is 11.1. The molecule has 3 unspecified atom stereocenters. The number of allylic oxidation sites excluding steroid dienone is 3. The predicted octanol–water partition coefficient (Wildman–Crippen LogP) is 2.92. The molecule has 42 heavy (non-hydrogen) atoms. The van der Waals surface area contributed by atoms with E-state index in [1.54, 1.807) is 12.1 Å². The number of esters is 1. The average molecular weight is 573 g/mol. The van der Waals surface area contributed by atoms with Crippen molar-refractivity contribution in [2.45, 2.75) is 56.3 Å². The third-order valence-electron chi connectivity index (χ3n) is 8.32. The number of ketones is 2. The van der Waals surface area contributed by atoms with Gasteiger partial charge in [0.25, 0.3) is 5.60 Å². The van der Waals surface area contributed by atoms with Crippen LogP contribution in [0.15, 0.2) is 89.3 Å². The molecule has 2 heterocycles. The van der Waals surface area contributed by atoms with E-state index in [2.05, 4.69) is 5.32 Å². The van der Waals surface area contributed by atoms with E-state index in [0.29, 0.717) is 43.6 Å². The highest BCUT2D eigenvalue weighted by Gasteiger charge is 2.85. The number of hydrogen-bond donors (Lipinski definition) is 4. The molecule has 9 nitrogen and oxygen atoms in total. The molecule has 0 aromatic heterocycles. The van der Waals surface area contributed by atoms with Crippen LogP contribution in [0.4, 0.5) is 0 Å². The summed E-state index contributed by atoms with van der Waals surface area (Å²) in [6, 6.07) is 15.9. The lowest BCUT2D eigenvalue weighted by Gasteiger charge is -2.25. The molecule has 2 aromatic rings. The minimum absolute atomic E-state index is 0.0886. The van der Waals surface area contributed by atoms with Crippen LogP contribution in [0.3, 0.4) is 0 Å². The van der Waals surface area contributed by atoms with Gasteiger partial charge in [-0.1, -0.05) is 66.2 Å². The first-order valence-corrected chi connectivity index (χ1v) is 14.2. The number of nitrogens with one attached hydrogen (secondary N) is 1. The second kappa shape index (κ2) is 12.1. The zero-order valence-corrected chi connectivity index (χ0v) is 23.6. The normalized spacial score (nSPS) is 23.9. The molecule has 5 N–H and O–H groups in total. The van der Waals surface area contributed by atoms with Crippen molar-refractivity contribution in [1.29, 1.82) is 0 Å². The third kappa shape index (κ3) is 5.43. The van der Waals surface area contributed by atoms with Crippen LogP contribution in [0.5, 0.6) is 0 Å². The molecule has 3 atom stereocenters. The van der Waals surface area contributed by atoms with Gasteiger partial charge in [0.15, 0.2) is 11.4 Å². The number of aryl methyl sites for hydroxylation is 1. The average Bonchev–Trinajstić information content (AvgIpc) is 3.71. The molecule has 1 fully saturated rings. The second-order valence-corrected chi connectivity index (χ2v) is 11.1. The van der Waals surface area contributed by atoms with Gasteiger partial charge in [-0.3, -0.25) is 9.59 Å². The monoisotopic (exact) mass is 572 g/mol. The number of hydrogen-bond acceptors (Lipinski definition) is 9. The van der Waals surface area contributed by atoms with Gasteiger partial charge in [0.2, 0.25) is 5.78 Å². The first-order valence-electron chi connectivity index (χ1n) is 14.2. The Kier molecular flexibility index (Phi) is 8.45. The molecular formula is C33H36N2O7. The highest BCUT2D eigenvalue weighted by molar-refractivity contribution is 6.32. The summed E-state index contributed by atoms with van der Waals surface area (Å²) in [4.78, 5) is 41.2. The molecule has 3 aliphatic rings. The maximum atomic E-state index is 13.9. The quantitative estimate of drug-likeness (QED) is 0.130. The van der Waals surface area contributed by atoms with Crippen molar-refractivity contribution in [2.24, 2.45) is 5.73 Å². The zero-order valence-electron chi connectivity index (χ0n) is 23.6. The molecule has 0 bridgehead atoms. The Hall–Kier alpha value is -4.05. The fourth-order valence-corrected chi connectivity index (χ4v) is 5.77. The fraction of sp³-hybridized carbons (Fsp3) is 0.364. The van der Waals surface area contributed by atoms with Crippen molar-refractivity contribution in [3.8, 4) is 0 Å². The van der Waals surface area contributed by atoms with Gasteiger partial charge in [-0.2, -0.15) is 0 Å². The Labute approximate surface area is 244 Å². The van der Waals surface area contributed by atoms with Crippen LogP contribution in [-0.2, 0) is 20.7 Å². The number of carbonyl (C=O) groups is 3.